The number of hydrogen-bond acceptors (Lipinski definition) is 3. The molecule has 0 saturated carbocycles. The van der Waals surface area contributed by atoms with Gasteiger partial charge in [-0.2, -0.15) is 5.10 Å². The molecule has 2 saturated heterocycles. The van der Waals surface area contributed by atoms with Gasteiger partial charge in [0.15, 0.2) is 0 Å². The Bertz CT molecular complexity index is 456. The van der Waals surface area contributed by atoms with Gasteiger partial charge in [-0.3, -0.25) is 9.48 Å². The molecule has 3 heterocycles. The van der Waals surface area contributed by atoms with Crippen molar-refractivity contribution in [3.8, 4) is 0 Å². The van der Waals surface area contributed by atoms with Gasteiger partial charge < -0.3 is 10.2 Å². The predicted molar refractivity (Wildman–Crippen MR) is 68.2 cm³/mol. The number of amides is 1. The third kappa shape index (κ3) is 1.73. The number of nitrogens with one attached hydrogen (secondary N) is 1. The fraction of sp³-hybridized carbons (Fsp3) is 0.692. The maximum absolute atomic E-state index is 12.5. The minimum absolute atomic E-state index is 0.0943. The van der Waals surface area contributed by atoms with Gasteiger partial charge in [0.05, 0.1) is 0 Å². The Balaban J connectivity index is 1.81. The van der Waals surface area contributed by atoms with Crippen molar-refractivity contribution in [1.82, 2.24) is 20.0 Å². The molecule has 18 heavy (non-hydrogen) atoms. The Hall–Kier alpha value is -1.36. The van der Waals surface area contributed by atoms with E-state index in [1.165, 1.54) is 0 Å². The maximum Gasteiger partial charge on any atom is 0.274 e. The molecule has 3 rings (SSSR count). The number of nitrogens with zero attached hydrogens (tertiary/aromatic N) is 3. The number of carbonyl (C=O) groups excluding carboxylic acids is 1. The number of aromatic nitrogens is 2. The minimum atomic E-state index is 0.0943. The fourth-order valence-electron chi connectivity index (χ4n) is 3.46. The molecule has 3 atom stereocenters. The van der Waals surface area contributed by atoms with Crippen LogP contribution in [-0.4, -0.2) is 46.3 Å². The first-order valence-corrected chi connectivity index (χ1v) is 6.72. The Labute approximate surface area is 107 Å². The molecule has 0 radical (unpaired) electrons. The maximum atomic E-state index is 12.5. The predicted octanol–water partition coefficient (Wildman–Crippen LogP) is 0.490. The lowest BCUT2D eigenvalue weighted by molar-refractivity contribution is 0.0705. The molecule has 0 spiro atoms. The van der Waals surface area contributed by atoms with E-state index in [0.29, 0.717) is 23.6 Å². The monoisotopic (exact) mass is 248 g/mol. The molecule has 1 amide bonds. The van der Waals surface area contributed by atoms with Crippen LogP contribution in [0.4, 0.5) is 0 Å². The van der Waals surface area contributed by atoms with Crippen molar-refractivity contribution in [3.05, 3.63) is 18.0 Å². The average Bonchev–Trinajstić information content (AvgIpc) is 3.01. The smallest absolute Gasteiger partial charge is 0.274 e. The molecule has 2 aliphatic rings. The van der Waals surface area contributed by atoms with Gasteiger partial charge in [-0.25, -0.2) is 0 Å². The first-order chi connectivity index (χ1) is 8.70. The van der Waals surface area contributed by atoms with Crippen molar-refractivity contribution in [2.45, 2.75) is 19.4 Å². The molecular formula is C13H20N4O. The Morgan fingerprint density at radius 2 is 2.39 bits per heavy atom. The van der Waals surface area contributed by atoms with Gasteiger partial charge in [0, 0.05) is 38.9 Å². The lowest BCUT2D eigenvalue weighted by atomic mass is 9.93. The van der Waals surface area contributed by atoms with Crippen molar-refractivity contribution in [2.75, 3.05) is 19.6 Å². The summed E-state index contributed by atoms with van der Waals surface area (Å²) < 4.78 is 1.69. The highest BCUT2D eigenvalue weighted by Gasteiger charge is 2.45. The second kappa shape index (κ2) is 4.39. The number of likely N-dealkylation sites (tertiary alicyclic amines) is 1. The van der Waals surface area contributed by atoms with Crippen LogP contribution in [0.2, 0.25) is 0 Å². The summed E-state index contributed by atoms with van der Waals surface area (Å²) in [6.45, 7) is 5.15. The van der Waals surface area contributed by atoms with Crippen molar-refractivity contribution in [1.29, 1.82) is 0 Å². The highest BCUT2D eigenvalue weighted by Crippen LogP contribution is 2.34. The number of carbonyl (C=O) groups is 1. The Morgan fingerprint density at radius 3 is 3.06 bits per heavy atom. The Kier molecular flexibility index (Phi) is 2.86. The van der Waals surface area contributed by atoms with Gasteiger partial charge >= 0.3 is 0 Å². The van der Waals surface area contributed by atoms with Crippen molar-refractivity contribution >= 4 is 5.91 Å². The zero-order chi connectivity index (χ0) is 12.7. The van der Waals surface area contributed by atoms with E-state index in [1.54, 1.807) is 10.7 Å². The number of rotatable bonds is 2. The lowest BCUT2D eigenvalue weighted by Gasteiger charge is -2.26. The quantitative estimate of drug-likeness (QED) is 0.828. The number of hydrogen-bond donors (Lipinski definition) is 1. The topological polar surface area (TPSA) is 50.2 Å². The van der Waals surface area contributed by atoms with E-state index in [9.17, 15) is 4.79 Å². The highest BCUT2D eigenvalue weighted by atomic mass is 16.2. The van der Waals surface area contributed by atoms with Gasteiger partial charge in [0.2, 0.25) is 0 Å². The van der Waals surface area contributed by atoms with Gasteiger partial charge in [-0.15, -0.1) is 0 Å². The van der Waals surface area contributed by atoms with E-state index in [-0.39, 0.29) is 5.91 Å². The second-order valence-electron chi connectivity index (χ2n) is 5.39. The number of fused-ring (bicyclic) bond motifs is 1. The molecule has 2 aliphatic heterocycles. The molecule has 3 unspecified atom stereocenters. The van der Waals surface area contributed by atoms with Crippen molar-refractivity contribution in [2.24, 2.45) is 18.9 Å². The molecule has 0 bridgehead atoms. The molecule has 0 aromatic carbocycles. The molecule has 5 heteroatoms. The molecular weight excluding hydrogens is 228 g/mol. The molecule has 1 aromatic heterocycles. The summed E-state index contributed by atoms with van der Waals surface area (Å²) in [4.78, 5) is 14.5. The van der Waals surface area contributed by atoms with E-state index in [0.717, 1.165) is 26.1 Å². The third-order valence-electron chi connectivity index (χ3n) is 4.33. The van der Waals surface area contributed by atoms with Crippen LogP contribution in [0.25, 0.3) is 0 Å². The summed E-state index contributed by atoms with van der Waals surface area (Å²) >= 11 is 0. The van der Waals surface area contributed by atoms with Crippen LogP contribution in [0.15, 0.2) is 12.3 Å². The van der Waals surface area contributed by atoms with Crippen LogP contribution in [0.5, 0.6) is 0 Å². The summed E-state index contributed by atoms with van der Waals surface area (Å²) in [5, 5.41) is 7.66. The molecule has 2 fully saturated rings. The van der Waals surface area contributed by atoms with E-state index in [2.05, 4.69) is 17.3 Å². The van der Waals surface area contributed by atoms with Crippen molar-refractivity contribution in [3.63, 3.8) is 0 Å². The van der Waals surface area contributed by atoms with Gasteiger partial charge in [0.25, 0.3) is 5.91 Å². The third-order valence-corrected chi connectivity index (χ3v) is 4.33. The minimum Gasteiger partial charge on any atom is -0.334 e. The SMILES string of the molecule is CCC1C2CNCC2CN1C(=O)c1ccn(C)n1. The largest absolute Gasteiger partial charge is 0.334 e. The number of aryl methyl sites for hydroxylation is 1. The first-order valence-electron chi connectivity index (χ1n) is 6.72. The van der Waals surface area contributed by atoms with Crippen LogP contribution < -0.4 is 5.32 Å². The zero-order valence-corrected chi connectivity index (χ0v) is 11.0. The summed E-state index contributed by atoms with van der Waals surface area (Å²) in [7, 11) is 1.84. The van der Waals surface area contributed by atoms with Gasteiger partial charge in [0.1, 0.15) is 5.69 Å². The van der Waals surface area contributed by atoms with Crippen LogP contribution >= 0.6 is 0 Å². The molecule has 98 valence electrons. The standard InChI is InChI=1S/C13H20N4O/c1-3-12-10-7-14-6-9(10)8-17(12)13(18)11-4-5-16(2)15-11/h4-5,9-10,12,14H,3,6-8H2,1-2H3. The summed E-state index contributed by atoms with van der Waals surface area (Å²) in [5.41, 5.74) is 0.573. The van der Waals surface area contributed by atoms with Crippen LogP contribution in [0, 0.1) is 11.8 Å². The summed E-state index contributed by atoms with van der Waals surface area (Å²) in [6.07, 6.45) is 2.86. The molecule has 1 N–H and O–H groups in total. The first kappa shape index (κ1) is 11.7. The average molecular weight is 248 g/mol. The Morgan fingerprint density at radius 1 is 1.56 bits per heavy atom. The van der Waals surface area contributed by atoms with E-state index < -0.39 is 0 Å². The second-order valence-corrected chi connectivity index (χ2v) is 5.39. The van der Waals surface area contributed by atoms with Crippen molar-refractivity contribution < 1.29 is 4.79 Å². The molecule has 1 aromatic rings. The van der Waals surface area contributed by atoms with E-state index >= 15 is 0 Å². The molecule has 0 aliphatic carbocycles. The highest BCUT2D eigenvalue weighted by molar-refractivity contribution is 5.92. The van der Waals surface area contributed by atoms with E-state index in [1.807, 2.05) is 18.1 Å². The summed E-state index contributed by atoms with van der Waals surface area (Å²) in [6, 6.07) is 2.18. The van der Waals surface area contributed by atoms with Crippen LogP contribution in [0.1, 0.15) is 23.8 Å². The zero-order valence-electron chi connectivity index (χ0n) is 11.0. The van der Waals surface area contributed by atoms with Gasteiger partial charge in [-0.1, -0.05) is 6.92 Å². The lowest BCUT2D eigenvalue weighted by Crippen LogP contribution is -2.39. The van der Waals surface area contributed by atoms with E-state index in [4.69, 9.17) is 0 Å². The summed E-state index contributed by atoms with van der Waals surface area (Å²) in [5.74, 6) is 1.35. The van der Waals surface area contributed by atoms with Gasteiger partial charge in [-0.05, 0) is 24.3 Å². The fourth-order valence-corrected chi connectivity index (χ4v) is 3.46. The normalized spacial score (nSPS) is 30.8. The molecule has 5 nitrogen and oxygen atoms in total. The van der Waals surface area contributed by atoms with Crippen LogP contribution in [0.3, 0.4) is 0 Å². The van der Waals surface area contributed by atoms with Crippen LogP contribution in [-0.2, 0) is 7.05 Å².